The summed E-state index contributed by atoms with van der Waals surface area (Å²) in [6, 6.07) is 6.70. The number of aromatic nitrogens is 2. The van der Waals surface area contributed by atoms with Crippen molar-refractivity contribution in [3.05, 3.63) is 36.5 Å². The monoisotopic (exact) mass is 354 g/mol. The molecule has 1 saturated heterocycles. The number of nitrogens with one attached hydrogen (secondary N) is 2. The molecule has 2 aliphatic rings. The molecule has 0 amide bonds. The highest BCUT2D eigenvalue weighted by Crippen LogP contribution is 2.25. The molecule has 1 saturated carbocycles. The minimum absolute atomic E-state index is 0.161. The molecule has 3 N–H and O–H groups in total. The minimum Gasteiger partial charge on any atom is -0.393 e. The number of fused-ring (bicyclic) bond motifs is 1. The van der Waals surface area contributed by atoms with Gasteiger partial charge in [0, 0.05) is 35.5 Å². The molecule has 2 fully saturated rings. The van der Waals surface area contributed by atoms with Crippen LogP contribution in [0.2, 0.25) is 0 Å². The van der Waals surface area contributed by atoms with Crippen LogP contribution in [0, 0.1) is 0 Å². The molecule has 1 atom stereocenters. The van der Waals surface area contributed by atoms with Gasteiger partial charge in [-0.2, -0.15) is 0 Å². The van der Waals surface area contributed by atoms with Gasteiger partial charge in [0.1, 0.15) is 0 Å². The van der Waals surface area contributed by atoms with E-state index in [-0.39, 0.29) is 6.10 Å². The Morgan fingerprint density at radius 1 is 1.15 bits per heavy atom. The third-order valence-corrected chi connectivity index (χ3v) is 5.27. The lowest BCUT2D eigenvalue weighted by Crippen LogP contribution is -2.29. The number of anilines is 1. The van der Waals surface area contributed by atoms with Crippen molar-refractivity contribution in [2.75, 3.05) is 18.5 Å². The van der Waals surface area contributed by atoms with Crippen LogP contribution in [0.5, 0.6) is 0 Å². The maximum atomic E-state index is 9.66. The Bertz CT molecular complexity index is 780. The number of benzene rings is 1. The highest BCUT2D eigenvalue weighted by molar-refractivity contribution is 5.90. The maximum absolute atomic E-state index is 9.66. The molecule has 1 aliphatic carbocycles. The van der Waals surface area contributed by atoms with Crippen molar-refractivity contribution in [3.8, 4) is 0 Å². The molecule has 1 aromatic carbocycles. The molecule has 6 nitrogen and oxygen atoms in total. The Balaban J connectivity index is 1.54. The van der Waals surface area contributed by atoms with Crippen LogP contribution in [0.4, 0.5) is 5.95 Å². The van der Waals surface area contributed by atoms with Crippen molar-refractivity contribution < 1.29 is 9.84 Å². The first kappa shape index (κ1) is 17.2. The highest BCUT2D eigenvalue weighted by Gasteiger charge is 2.20. The van der Waals surface area contributed by atoms with E-state index in [4.69, 9.17) is 9.72 Å². The average Bonchev–Trinajstić information content (AvgIpc) is 3.16. The zero-order valence-electron chi connectivity index (χ0n) is 14.9. The topological polar surface area (TPSA) is 79.3 Å². The molecule has 4 rings (SSSR count). The molecule has 0 spiro atoms. The van der Waals surface area contributed by atoms with E-state index in [1.165, 1.54) is 0 Å². The molecule has 1 aromatic heterocycles. The highest BCUT2D eigenvalue weighted by atomic mass is 16.5. The van der Waals surface area contributed by atoms with Gasteiger partial charge in [0.25, 0.3) is 0 Å². The molecular weight excluding hydrogens is 328 g/mol. The summed E-state index contributed by atoms with van der Waals surface area (Å²) in [4.78, 5) is 9.24. The van der Waals surface area contributed by atoms with Gasteiger partial charge in [-0.3, -0.25) is 0 Å². The zero-order chi connectivity index (χ0) is 17.9. The van der Waals surface area contributed by atoms with E-state index in [2.05, 4.69) is 22.2 Å². The van der Waals surface area contributed by atoms with Crippen LogP contribution in [0.25, 0.3) is 16.6 Å². The van der Waals surface area contributed by atoms with E-state index in [1.807, 2.05) is 24.4 Å². The van der Waals surface area contributed by atoms with Gasteiger partial charge in [-0.25, -0.2) is 9.97 Å². The Morgan fingerprint density at radius 3 is 2.77 bits per heavy atom. The van der Waals surface area contributed by atoms with Crippen LogP contribution in [-0.4, -0.2) is 46.5 Å². The number of rotatable bonds is 5. The Morgan fingerprint density at radius 2 is 2.00 bits per heavy atom. The van der Waals surface area contributed by atoms with E-state index < -0.39 is 0 Å². The Labute approximate surface area is 153 Å². The third kappa shape index (κ3) is 3.81. The largest absolute Gasteiger partial charge is 0.393 e. The van der Waals surface area contributed by atoms with Crippen LogP contribution < -0.4 is 10.6 Å². The number of hydrogen-bond donors (Lipinski definition) is 3. The van der Waals surface area contributed by atoms with Gasteiger partial charge >= 0.3 is 0 Å². The van der Waals surface area contributed by atoms with Crippen LogP contribution in [0.15, 0.2) is 31.0 Å². The van der Waals surface area contributed by atoms with Crippen molar-refractivity contribution in [3.63, 3.8) is 0 Å². The van der Waals surface area contributed by atoms with E-state index >= 15 is 0 Å². The fourth-order valence-electron chi connectivity index (χ4n) is 3.74. The van der Waals surface area contributed by atoms with E-state index in [0.29, 0.717) is 18.0 Å². The second kappa shape index (κ2) is 7.60. The average molecular weight is 354 g/mol. The lowest BCUT2D eigenvalue weighted by Gasteiger charge is -2.26. The smallest absolute Gasteiger partial charge is 0.223 e. The molecule has 2 aromatic rings. The van der Waals surface area contributed by atoms with Gasteiger partial charge < -0.3 is 20.5 Å². The number of ether oxygens (including phenoxy) is 1. The fraction of sp³-hybridized carbons (Fsp3) is 0.500. The normalized spacial score (nSPS) is 26.0. The standard InChI is InChI=1S/C20H26N4O2/c1-13(22-16-9-10-26-12-16)18-4-2-3-14-11-21-20(24-19(14)18)23-15-5-7-17(25)8-6-15/h2-4,11,15-17,22,25H,1,5-10,12H2,(H,21,23,24). The van der Waals surface area contributed by atoms with Crippen molar-refractivity contribution in [1.29, 1.82) is 0 Å². The second-order valence-corrected chi connectivity index (χ2v) is 7.27. The Kier molecular flexibility index (Phi) is 5.04. The summed E-state index contributed by atoms with van der Waals surface area (Å²) in [6.07, 6.45) is 6.25. The lowest BCUT2D eigenvalue weighted by molar-refractivity contribution is 0.126. The number of para-hydroxylation sites is 1. The number of aliphatic hydroxyl groups excluding tert-OH is 1. The van der Waals surface area contributed by atoms with Crippen molar-refractivity contribution in [2.45, 2.75) is 50.3 Å². The molecule has 138 valence electrons. The summed E-state index contributed by atoms with van der Waals surface area (Å²) in [5.41, 5.74) is 2.77. The first-order valence-electron chi connectivity index (χ1n) is 9.43. The summed E-state index contributed by atoms with van der Waals surface area (Å²) >= 11 is 0. The predicted molar refractivity (Wildman–Crippen MR) is 103 cm³/mol. The zero-order valence-corrected chi connectivity index (χ0v) is 14.9. The van der Waals surface area contributed by atoms with Gasteiger partial charge in [-0.1, -0.05) is 24.8 Å². The van der Waals surface area contributed by atoms with Gasteiger partial charge in [0.2, 0.25) is 5.95 Å². The number of hydrogen-bond acceptors (Lipinski definition) is 6. The van der Waals surface area contributed by atoms with Gasteiger partial charge in [0.05, 0.1) is 24.3 Å². The maximum Gasteiger partial charge on any atom is 0.223 e. The lowest BCUT2D eigenvalue weighted by atomic mass is 9.93. The van der Waals surface area contributed by atoms with Gasteiger partial charge in [-0.05, 0) is 32.1 Å². The summed E-state index contributed by atoms with van der Waals surface area (Å²) in [7, 11) is 0. The number of aliphatic hydroxyl groups is 1. The molecule has 0 bridgehead atoms. The first-order valence-corrected chi connectivity index (χ1v) is 9.43. The SMILES string of the molecule is C=C(NC1CCOC1)c1cccc2cnc(NC3CCC(O)CC3)nc12. The van der Waals surface area contributed by atoms with Crippen LogP contribution in [0.3, 0.4) is 0 Å². The molecule has 0 radical (unpaired) electrons. The molecule has 1 aliphatic heterocycles. The summed E-state index contributed by atoms with van der Waals surface area (Å²) in [6.45, 7) is 5.74. The predicted octanol–water partition coefficient (Wildman–Crippen LogP) is 2.69. The van der Waals surface area contributed by atoms with Gasteiger partial charge in [-0.15, -0.1) is 0 Å². The van der Waals surface area contributed by atoms with Crippen molar-refractivity contribution in [2.24, 2.45) is 0 Å². The quantitative estimate of drug-likeness (QED) is 0.766. The summed E-state index contributed by atoms with van der Waals surface area (Å²) in [5, 5.41) is 17.6. The van der Waals surface area contributed by atoms with E-state index in [1.54, 1.807) is 0 Å². The van der Waals surface area contributed by atoms with E-state index in [9.17, 15) is 5.11 Å². The first-order chi connectivity index (χ1) is 12.7. The molecule has 1 unspecified atom stereocenters. The Hall–Kier alpha value is -2.18. The summed E-state index contributed by atoms with van der Waals surface area (Å²) < 4.78 is 5.44. The van der Waals surface area contributed by atoms with Crippen LogP contribution >= 0.6 is 0 Å². The minimum atomic E-state index is -0.161. The van der Waals surface area contributed by atoms with Gasteiger partial charge in [0.15, 0.2) is 0 Å². The van der Waals surface area contributed by atoms with Crippen molar-refractivity contribution >= 4 is 22.5 Å². The van der Waals surface area contributed by atoms with E-state index in [0.717, 1.165) is 67.5 Å². The number of nitrogens with zero attached hydrogens (tertiary/aromatic N) is 2. The van der Waals surface area contributed by atoms with Crippen LogP contribution in [0.1, 0.15) is 37.7 Å². The second-order valence-electron chi connectivity index (χ2n) is 7.27. The third-order valence-electron chi connectivity index (χ3n) is 5.27. The fourth-order valence-corrected chi connectivity index (χ4v) is 3.74. The molecule has 2 heterocycles. The van der Waals surface area contributed by atoms with Crippen LogP contribution in [-0.2, 0) is 4.74 Å². The molecular formula is C20H26N4O2. The van der Waals surface area contributed by atoms with Crippen molar-refractivity contribution in [1.82, 2.24) is 15.3 Å². The molecule has 26 heavy (non-hydrogen) atoms. The molecule has 6 heteroatoms. The summed E-state index contributed by atoms with van der Waals surface area (Å²) in [5.74, 6) is 0.642.